The van der Waals surface area contributed by atoms with Gasteiger partial charge in [-0.3, -0.25) is 4.79 Å². The summed E-state index contributed by atoms with van der Waals surface area (Å²) in [5.74, 6) is 0.285. The van der Waals surface area contributed by atoms with Crippen LogP contribution in [-0.2, 0) is 6.54 Å². The molecule has 146 valence electrons. The van der Waals surface area contributed by atoms with E-state index in [-0.39, 0.29) is 41.5 Å². The zero-order valence-corrected chi connectivity index (χ0v) is 15.9. The molecule has 1 aliphatic heterocycles. The number of allylic oxidation sites excluding steroid dienone is 1. The van der Waals surface area contributed by atoms with E-state index in [0.717, 1.165) is 0 Å². The summed E-state index contributed by atoms with van der Waals surface area (Å²) in [6, 6.07) is 8.96. The first-order chi connectivity index (χ1) is 13.5. The number of hydrogen-bond acceptors (Lipinski definition) is 7. The SMILES string of the molecule is COc1cccc([C@@H]2C(C#N)=C(N)Oc3cc(C)n(CCO)c(=O)c32)c1OC. The second-order valence-electron chi connectivity index (χ2n) is 6.25. The van der Waals surface area contributed by atoms with Crippen molar-refractivity contribution in [2.45, 2.75) is 19.4 Å². The van der Waals surface area contributed by atoms with Gasteiger partial charge in [-0.15, -0.1) is 0 Å². The average Bonchev–Trinajstić information content (AvgIpc) is 2.69. The number of pyridine rings is 1. The summed E-state index contributed by atoms with van der Waals surface area (Å²) in [7, 11) is 2.99. The van der Waals surface area contributed by atoms with Crippen molar-refractivity contribution >= 4 is 0 Å². The van der Waals surface area contributed by atoms with Crippen molar-refractivity contribution in [3.05, 3.63) is 62.9 Å². The first kappa shape index (κ1) is 19.3. The van der Waals surface area contributed by atoms with E-state index >= 15 is 0 Å². The number of ether oxygens (including phenoxy) is 3. The summed E-state index contributed by atoms with van der Waals surface area (Å²) in [6.07, 6.45) is 0. The Hall–Kier alpha value is -3.44. The Morgan fingerprint density at radius 2 is 2.11 bits per heavy atom. The molecule has 1 aliphatic rings. The number of rotatable bonds is 5. The van der Waals surface area contributed by atoms with Gasteiger partial charge in [0.1, 0.15) is 17.4 Å². The number of nitrogens with two attached hydrogens (primary N) is 1. The molecular weight excluding hydrogens is 362 g/mol. The van der Waals surface area contributed by atoms with E-state index in [1.807, 2.05) is 0 Å². The Morgan fingerprint density at radius 1 is 1.36 bits per heavy atom. The van der Waals surface area contributed by atoms with Crippen molar-refractivity contribution in [3.63, 3.8) is 0 Å². The quantitative estimate of drug-likeness (QED) is 0.800. The van der Waals surface area contributed by atoms with Crippen LogP contribution < -0.4 is 25.5 Å². The lowest BCUT2D eigenvalue weighted by molar-refractivity contribution is 0.272. The topological polar surface area (TPSA) is 120 Å². The lowest BCUT2D eigenvalue weighted by atomic mass is 9.83. The van der Waals surface area contributed by atoms with Gasteiger partial charge in [-0.1, -0.05) is 12.1 Å². The number of benzene rings is 1. The smallest absolute Gasteiger partial charge is 0.258 e. The molecule has 0 radical (unpaired) electrons. The van der Waals surface area contributed by atoms with Gasteiger partial charge in [-0.05, 0) is 13.0 Å². The van der Waals surface area contributed by atoms with Crippen LogP contribution in [0.2, 0.25) is 0 Å². The first-order valence-electron chi connectivity index (χ1n) is 8.62. The number of aryl methyl sites for hydroxylation is 1. The van der Waals surface area contributed by atoms with Crippen LogP contribution in [0.5, 0.6) is 17.2 Å². The summed E-state index contributed by atoms with van der Waals surface area (Å²) in [6.45, 7) is 1.67. The van der Waals surface area contributed by atoms with E-state index in [9.17, 15) is 15.2 Å². The zero-order chi connectivity index (χ0) is 20.4. The van der Waals surface area contributed by atoms with Gasteiger partial charge >= 0.3 is 0 Å². The molecule has 2 aromatic rings. The largest absolute Gasteiger partial charge is 0.493 e. The Labute approximate surface area is 162 Å². The van der Waals surface area contributed by atoms with Crippen molar-refractivity contribution in [1.29, 1.82) is 5.26 Å². The Balaban J connectivity index is 2.38. The Morgan fingerprint density at radius 3 is 2.71 bits per heavy atom. The number of fused-ring (bicyclic) bond motifs is 1. The van der Waals surface area contributed by atoms with Crippen molar-refractivity contribution in [2.75, 3.05) is 20.8 Å². The average molecular weight is 383 g/mol. The number of hydrogen-bond donors (Lipinski definition) is 2. The van der Waals surface area contributed by atoms with E-state index < -0.39 is 5.92 Å². The molecule has 3 N–H and O–H groups in total. The molecule has 0 amide bonds. The summed E-state index contributed by atoms with van der Waals surface area (Å²) < 4.78 is 17.9. The molecule has 0 saturated carbocycles. The second kappa shape index (κ2) is 7.66. The van der Waals surface area contributed by atoms with Crippen molar-refractivity contribution in [1.82, 2.24) is 4.57 Å². The maximum atomic E-state index is 13.3. The lowest BCUT2D eigenvalue weighted by Gasteiger charge is -2.28. The van der Waals surface area contributed by atoms with Gasteiger partial charge in [0.05, 0.1) is 32.3 Å². The van der Waals surface area contributed by atoms with Gasteiger partial charge in [0.15, 0.2) is 11.5 Å². The number of aromatic nitrogens is 1. The van der Waals surface area contributed by atoms with Crippen LogP contribution in [0.3, 0.4) is 0 Å². The van der Waals surface area contributed by atoms with Gasteiger partial charge in [0, 0.05) is 23.9 Å². The fraction of sp³-hybridized carbons (Fsp3) is 0.300. The van der Waals surface area contributed by atoms with Crippen LogP contribution >= 0.6 is 0 Å². The number of aliphatic hydroxyl groups excluding tert-OH is 1. The third-order valence-corrected chi connectivity index (χ3v) is 4.76. The summed E-state index contributed by atoms with van der Waals surface area (Å²) in [4.78, 5) is 13.3. The highest BCUT2D eigenvalue weighted by molar-refractivity contribution is 5.60. The molecule has 0 unspecified atom stereocenters. The molecule has 0 bridgehead atoms. The highest BCUT2D eigenvalue weighted by Crippen LogP contribution is 2.46. The molecule has 1 aromatic heterocycles. The molecule has 0 saturated heterocycles. The number of para-hydroxylation sites is 1. The Kier molecular flexibility index (Phi) is 5.29. The normalized spacial score (nSPS) is 15.5. The number of nitrogens with zero attached hydrogens (tertiary/aromatic N) is 2. The zero-order valence-electron chi connectivity index (χ0n) is 15.9. The molecule has 0 fully saturated rings. The van der Waals surface area contributed by atoms with Gasteiger partial charge in [-0.2, -0.15) is 5.26 Å². The molecule has 3 rings (SSSR count). The minimum absolute atomic E-state index is 0.0661. The molecule has 2 heterocycles. The highest BCUT2D eigenvalue weighted by atomic mass is 16.5. The second-order valence-corrected chi connectivity index (χ2v) is 6.25. The Bertz CT molecular complexity index is 1050. The van der Waals surface area contributed by atoms with Crippen LogP contribution in [0.15, 0.2) is 40.5 Å². The van der Waals surface area contributed by atoms with E-state index in [4.69, 9.17) is 19.9 Å². The monoisotopic (exact) mass is 383 g/mol. The van der Waals surface area contributed by atoms with Crippen LogP contribution in [0.4, 0.5) is 0 Å². The summed E-state index contributed by atoms with van der Waals surface area (Å²) in [5.41, 5.74) is 7.18. The van der Waals surface area contributed by atoms with Gasteiger partial charge < -0.3 is 29.6 Å². The van der Waals surface area contributed by atoms with Crippen LogP contribution in [0.25, 0.3) is 0 Å². The third kappa shape index (κ3) is 2.96. The third-order valence-electron chi connectivity index (χ3n) is 4.76. The minimum Gasteiger partial charge on any atom is -0.493 e. The van der Waals surface area contributed by atoms with Crippen LogP contribution in [0, 0.1) is 18.3 Å². The standard InChI is InChI=1S/C20H21N3O5/c1-11-9-15-17(20(25)23(11)7-8-24)16(13(10-21)19(22)28-15)12-5-4-6-14(26-2)18(12)27-3/h4-6,9,16,24H,7-8,22H2,1-3H3/t16-/m1/s1. The van der Waals surface area contributed by atoms with E-state index in [2.05, 4.69) is 6.07 Å². The van der Waals surface area contributed by atoms with Crippen molar-refractivity contribution in [2.24, 2.45) is 5.73 Å². The number of nitriles is 1. The van der Waals surface area contributed by atoms with Gasteiger partial charge in [0.2, 0.25) is 5.88 Å². The highest BCUT2D eigenvalue weighted by Gasteiger charge is 2.36. The molecule has 8 heteroatoms. The van der Waals surface area contributed by atoms with Crippen LogP contribution in [-0.4, -0.2) is 30.5 Å². The molecule has 0 spiro atoms. The van der Waals surface area contributed by atoms with E-state index in [0.29, 0.717) is 22.8 Å². The number of methoxy groups -OCH3 is 2. The molecule has 1 atom stereocenters. The lowest BCUT2D eigenvalue weighted by Crippen LogP contribution is -2.33. The molecule has 1 aromatic carbocycles. The van der Waals surface area contributed by atoms with Gasteiger partial charge in [-0.25, -0.2) is 0 Å². The first-order valence-corrected chi connectivity index (χ1v) is 8.62. The van der Waals surface area contributed by atoms with Gasteiger partial charge in [0.25, 0.3) is 5.56 Å². The summed E-state index contributed by atoms with van der Waals surface area (Å²) in [5, 5.41) is 19.1. The van der Waals surface area contributed by atoms with Crippen LogP contribution in [0.1, 0.15) is 22.7 Å². The fourth-order valence-corrected chi connectivity index (χ4v) is 3.51. The van der Waals surface area contributed by atoms with E-state index in [1.165, 1.54) is 18.8 Å². The predicted molar refractivity (Wildman–Crippen MR) is 101 cm³/mol. The summed E-state index contributed by atoms with van der Waals surface area (Å²) >= 11 is 0. The number of aliphatic hydroxyl groups is 1. The predicted octanol–water partition coefficient (Wildman–Crippen LogP) is 1.38. The van der Waals surface area contributed by atoms with Crippen molar-refractivity contribution in [3.8, 4) is 23.3 Å². The fourth-order valence-electron chi connectivity index (χ4n) is 3.51. The minimum atomic E-state index is -0.795. The maximum absolute atomic E-state index is 13.3. The molecular formula is C20H21N3O5. The molecule has 0 aliphatic carbocycles. The maximum Gasteiger partial charge on any atom is 0.258 e. The van der Waals surface area contributed by atoms with E-state index in [1.54, 1.807) is 31.2 Å². The van der Waals surface area contributed by atoms with Crippen molar-refractivity contribution < 1.29 is 19.3 Å². The molecule has 28 heavy (non-hydrogen) atoms. The molecule has 8 nitrogen and oxygen atoms in total.